The quantitative estimate of drug-likeness (QED) is 0.865. The summed E-state index contributed by atoms with van der Waals surface area (Å²) in [6, 6.07) is 4.32. The lowest BCUT2D eigenvalue weighted by molar-refractivity contribution is 0.0174. The Bertz CT molecular complexity index is 378. The van der Waals surface area contributed by atoms with Gasteiger partial charge in [0, 0.05) is 23.0 Å². The molecule has 0 aliphatic heterocycles. The molecule has 4 heteroatoms. The van der Waals surface area contributed by atoms with Gasteiger partial charge in [-0.15, -0.1) is 0 Å². The number of hydrogen-bond acceptors (Lipinski definition) is 1. The van der Waals surface area contributed by atoms with Gasteiger partial charge in [0.25, 0.3) is 5.92 Å². The second-order valence-corrected chi connectivity index (χ2v) is 5.27. The molecule has 16 heavy (non-hydrogen) atoms. The van der Waals surface area contributed by atoms with E-state index in [0.717, 1.165) is 12.5 Å². The second kappa shape index (κ2) is 4.30. The fourth-order valence-corrected chi connectivity index (χ4v) is 1.70. The molecule has 1 nitrogen and oxygen atoms in total. The lowest BCUT2D eigenvalue weighted by Crippen LogP contribution is -2.34. The van der Waals surface area contributed by atoms with Crippen LogP contribution in [0.4, 0.5) is 8.78 Å². The maximum atomic E-state index is 13.0. The minimum Gasteiger partial charge on any atom is -0.325 e. The molecule has 0 atom stereocenters. The molecule has 0 heterocycles. The highest BCUT2D eigenvalue weighted by Crippen LogP contribution is 2.31. The van der Waals surface area contributed by atoms with Crippen molar-refractivity contribution in [1.29, 1.82) is 0 Å². The van der Waals surface area contributed by atoms with E-state index < -0.39 is 11.5 Å². The summed E-state index contributed by atoms with van der Waals surface area (Å²) in [5.74, 6) is -2.86. The molecule has 0 saturated heterocycles. The SMILES string of the molecule is CC(C)(N)Cc1ccc(C(C)(F)F)cc1Cl. The van der Waals surface area contributed by atoms with E-state index in [0.29, 0.717) is 11.4 Å². The Balaban J connectivity index is 3.01. The number of halogens is 3. The van der Waals surface area contributed by atoms with Crippen molar-refractivity contribution in [3.8, 4) is 0 Å². The van der Waals surface area contributed by atoms with Crippen LogP contribution in [0, 0.1) is 0 Å². The number of alkyl halides is 2. The number of nitrogens with two attached hydrogens (primary N) is 1. The van der Waals surface area contributed by atoms with Gasteiger partial charge in [-0.25, -0.2) is 8.78 Å². The monoisotopic (exact) mass is 247 g/mol. The Morgan fingerprint density at radius 2 is 1.81 bits per heavy atom. The minimum absolute atomic E-state index is 0.0731. The van der Waals surface area contributed by atoms with Crippen LogP contribution in [0.1, 0.15) is 31.9 Å². The summed E-state index contributed by atoms with van der Waals surface area (Å²) < 4.78 is 26.0. The van der Waals surface area contributed by atoms with Gasteiger partial charge in [-0.3, -0.25) is 0 Å². The van der Waals surface area contributed by atoms with Crippen LogP contribution < -0.4 is 5.73 Å². The van der Waals surface area contributed by atoms with Crippen LogP contribution in [0.25, 0.3) is 0 Å². The fraction of sp³-hybridized carbons (Fsp3) is 0.500. The molecule has 1 aromatic carbocycles. The minimum atomic E-state index is -2.86. The average Bonchev–Trinajstić information content (AvgIpc) is 2.04. The highest BCUT2D eigenvalue weighted by atomic mass is 35.5. The number of hydrogen-bond donors (Lipinski definition) is 1. The van der Waals surface area contributed by atoms with Gasteiger partial charge >= 0.3 is 0 Å². The summed E-state index contributed by atoms with van der Waals surface area (Å²) in [5.41, 5.74) is 6.17. The molecule has 0 aromatic heterocycles. The molecule has 0 unspecified atom stereocenters. The van der Waals surface area contributed by atoms with Crippen molar-refractivity contribution in [1.82, 2.24) is 0 Å². The highest BCUT2D eigenvalue weighted by molar-refractivity contribution is 6.31. The molecule has 0 fully saturated rings. The van der Waals surface area contributed by atoms with Crippen LogP contribution in [0.2, 0.25) is 5.02 Å². The van der Waals surface area contributed by atoms with Crippen molar-refractivity contribution in [2.24, 2.45) is 5.73 Å². The summed E-state index contributed by atoms with van der Waals surface area (Å²) in [6.45, 7) is 4.59. The number of benzene rings is 1. The molecule has 0 spiro atoms. The van der Waals surface area contributed by atoms with Crippen LogP contribution in [-0.2, 0) is 12.3 Å². The first-order valence-electron chi connectivity index (χ1n) is 5.05. The molecular formula is C12H16ClF2N. The summed E-state index contributed by atoms with van der Waals surface area (Å²) >= 11 is 5.95. The molecule has 0 aliphatic carbocycles. The Morgan fingerprint density at radius 3 is 2.19 bits per heavy atom. The molecule has 0 bridgehead atoms. The highest BCUT2D eigenvalue weighted by Gasteiger charge is 2.25. The zero-order valence-corrected chi connectivity index (χ0v) is 10.4. The standard InChI is InChI=1S/C12H16ClF2N/c1-11(2,16)7-8-4-5-9(6-10(8)13)12(3,14)15/h4-6H,7,16H2,1-3H3. The van der Waals surface area contributed by atoms with Crippen molar-refractivity contribution >= 4 is 11.6 Å². The van der Waals surface area contributed by atoms with Gasteiger partial charge in [-0.05, 0) is 31.9 Å². The zero-order valence-electron chi connectivity index (χ0n) is 9.65. The van der Waals surface area contributed by atoms with E-state index in [4.69, 9.17) is 17.3 Å². The summed E-state index contributed by atoms with van der Waals surface area (Å²) in [5, 5.41) is 0.345. The van der Waals surface area contributed by atoms with E-state index in [1.807, 2.05) is 13.8 Å². The third-order valence-corrected chi connectivity index (χ3v) is 2.56. The predicted molar refractivity (Wildman–Crippen MR) is 63.0 cm³/mol. The Labute approximate surface area is 99.6 Å². The zero-order chi connectivity index (χ0) is 12.6. The van der Waals surface area contributed by atoms with Crippen LogP contribution in [0.3, 0.4) is 0 Å². The van der Waals surface area contributed by atoms with Crippen molar-refractivity contribution in [3.63, 3.8) is 0 Å². The average molecular weight is 248 g/mol. The molecule has 2 N–H and O–H groups in total. The van der Waals surface area contributed by atoms with E-state index in [2.05, 4.69) is 0 Å². The van der Waals surface area contributed by atoms with Crippen molar-refractivity contribution in [3.05, 3.63) is 34.3 Å². The van der Waals surface area contributed by atoms with Crippen LogP contribution in [0.5, 0.6) is 0 Å². The van der Waals surface area contributed by atoms with Gasteiger partial charge in [-0.1, -0.05) is 23.7 Å². The summed E-state index contributed by atoms with van der Waals surface area (Å²) in [6.07, 6.45) is 0.557. The predicted octanol–water partition coefficient (Wildman–Crippen LogP) is 3.73. The first-order valence-corrected chi connectivity index (χ1v) is 5.43. The first-order chi connectivity index (χ1) is 7.09. The Hall–Kier alpha value is -0.670. The summed E-state index contributed by atoms with van der Waals surface area (Å²) in [7, 11) is 0. The number of rotatable bonds is 3. The van der Waals surface area contributed by atoms with Crippen LogP contribution in [-0.4, -0.2) is 5.54 Å². The van der Waals surface area contributed by atoms with Crippen LogP contribution in [0.15, 0.2) is 18.2 Å². The smallest absolute Gasteiger partial charge is 0.270 e. The van der Waals surface area contributed by atoms with Crippen LogP contribution >= 0.6 is 11.6 Å². The molecule has 0 radical (unpaired) electrons. The van der Waals surface area contributed by atoms with Gasteiger partial charge in [0.2, 0.25) is 0 Å². The molecule has 1 rings (SSSR count). The molecular weight excluding hydrogens is 232 g/mol. The molecule has 0 saturated carbocycles. The van der Waals surface area contributed by atoms with E-state index in [-0.39, 0.29) is 5.56 Å². The molecule has 0 amide bonds. The van der Waals surface area contributed by atoms with Crippen molar-refractivity contribution in [2.45, 2.75) is 38.7 Å². The largest absolute Gasteiger partial charge is 0.325 e. The lowest BCUT2D eigenvalue weighted by atomic mass is 9.95. The molecule has 0 aliphatic rings. The second-order valence-electron chi connectivity index (χ2n) is 4.86. The van der Waals surface area contributed by atoms with E-state index in [1.165, 1.54) is 12.1 Å². The Kier molecular flexibility index (Phi) is 3.60. The topological polar surface area (TPSA) is 26.0 Å². The fourth-order valence-electron chi connectivity index (χ4n) is 1.45. The Morgan fingerprint density at radius 1 is 1.25 bits per heavy atom. The molecule has 90 valence electrons. The van der Waals surface area contributed by atoms with Gasteiger partial charge in [0.15, 0.2) is 0 Å². The van der Waals surface area contributed by atoms with Crippen molar-refractivity contribution < 1.29 is 8.78 Å². The van der Waals surface area contributed by atoms with Gasteiger partial charge in [0.05, 0.1) is 0 Å². The lowest BCUT2D eigenvalue weighted by Gasteiger charge is -2.20. The molecule has 1 aromatic rings. The van der Waals surface area contributed by atoms with Crippen molar-refractivity contribution in [2.75, 3.05) is 0 Å². The summed E-state index contributed by atoms with van der Waals surface area (Å²) in [4.78, 5) is 0. The van der Waals surface area contributed by atoms with E-state index in [1.54, 1.807) is 6.07 Å². The maximum Gasteiger partial charge on any atom is 0.270 e. The van der Waals surface area contributed by atoms with Gasteiger partial charge < -0.3 is 5.73 Å². The normalized spacial score (nSPS) is 12.9. The van der Waals surface area contributed by atoms with E-state index in [9.17, 15) is 8.78 Å². The maximum absolute atomic E-state index is 13.0. The third kappa shape index (κ3) is 3.72. The first kappa shape index (κ1) is 13.4. The van der Waals surface area contributed by atoms with E-state index >= 15 is 0 Å². The third-order valence-electron chi connectivity index (χ3n) is 2.21. The van der Waals surface area contributed by atoms with Gasteiger partial charge in [-0.2, -0.15) is 0 Å². The van der Waals surface area contributed by atoms with Gasteiger partial charge in [0.1, 0.15) is 0 Å².